The molecule has 0 aliphatic heterocycles. The Labute approximate surface area is 186 Å². The number of nitrogens with one attached hydrogen (secondary N) is 2. The van der Waals surface area contributed by atoms with Crippen LogP contribution in [0.2, 0.25) is 0 Å². The second-order valence-electron chi connectivity index (χ2n) is 6.38. The second-order valence-corrected chi connectivity index (χ2v) is 6.38. The fraction of sp³-hybridized carbons (Fsp3) is 0.409. The molecule has 6 heteroatoms. The van der Waals surface area contributed by atoms with E-state index >= 15 is 0 Å². The molecule has 2 aromatic rings. The zero-order chi connectivity index (χ0) is 19.3. The van der Waals surface area contributed by atoms with E-state index in [1.165, 1.54) is 22.3 Å². The highest BCUT2D eigenvalue weighted by atomic mass is 127. The molecular weight excluding hydrogens is 465 g/mol. The van der Waals surface area contributed by atoms with E-state index < -0.39 is 0 Å². The van der Waals surface area contributed by atoms with Crippen molar-refractivity contribution in [2.75, 3.05) is 40.5 Å². The molecule has 28 heavy (non-hydrogen) atoms. The third-order valence-corrected chi connectivity index (χ3v) is 4.15. The highest BCUT2D eigenvalue weighted by Gasteiger charge is 2.02. The van der Waals surface area contributed by atoms with Gasteiger partial charge in [-0.15, -0.1) is 24.0 Å². The maximum absolute atomic E-state index is 5.46. The van der Waals surface area contributed by atoms with Crippen molar-refractivity contribution in [2.24, 2.45) is 4.99 Å². The van der Waals surface area contributed by atoms with Crippen LogP contribution >= 0.6 is 24.0 Å². The van der Waals surface area contributed by atoms with Gasteiger partial charge in [0.25, 0.3) is 0 Å². The zero-order valence-electron chi connectivity index (χ0n) is 17.0. The highest BCUT2D eigenvalue weighted by Crippen LogP contribution is 2.21. The SMILES string of the molecule is CN=C(NCCCOCCOC)NCc1cccc(-c2cccc(C)c2)c1.I. The molecule has 0 aromatic heterocycles. The first-order chi connectivity index (χ1) is 13.2. The minimum Gasteiger partial charge on any atom is -0.382 e. The number of hydrogen-bond donors (Lipinski definition) is 2. The van der Waals surface area contributed by atoms with E-state index in [2.05, 4.69) is 71.1 Å². The number of aliphatic imine (C=N–C) groups is 1. The van der Waals surface area contributed by atoms with E-state index in [0.717, 1.165) is 25.5 Å². The van der Waals surface area contributed by atoms with Crippen molar-refractivity contribution in [1.29, 1.82) is 0 Å². The normalized spacial score (nSPS) is 11.0. The van der Waals surface area contributed by atoms with Crippen LogP contribution in [0.5, 0.6) is 0 Å². The van der Waals surface area contributed by atoms with E-state index in [9.17, 15) is 0 Å². The van der Waals surface area contributed by atoms with Crippen LogP contribution in [0.1, 0.15) is 17.5 Å². The molecule has 0 aliphatic carbocycles. The number of halogens is 1. The summed E-state index contributed by atoms with van der Waals surface area (Å²) in [6, 6.07) is 17.2. The lowest BCUT2D eigenvalue weighted by atomic mass is 10.0. The number of nitrogens with zero attached hydrogens (tertiary/aromatic N) is 1. The number of aryl methyl sites for hydroxylation is 1. The average Bonchev–Trinajstić information content (AvgIpc) is 2.70. The molecule has 2 N–H and O–H groups in total. The van der Waals surface area contributed by atoms with Crippen LogP contribution in [0, 0.1) is 6.92 Å². The molecule has 0 aliphatic rings. The Bertz CT molecular complexity index is 722. The Balaban J connectivity index is 0.00000392. The van der Waals surface area contributed by atoms with Crippen molar-refractivity contribution in [3.05, 3.63) is 59.7 Å². The zero-order valence-corrected chi connectivity index (χ0v) is 19.4. The lowest BCUT2D eigenvalue weighted by Gasteiger charge is -2.13. The molecule has 0 atom stereocenters. The summed E-state index contributed by atoms with van der Waals surface area (Å²) >= 11 is 0. The van der Waals surface area contributed by atoms with Gasteiger partial charge in [0.15, 0.2) is 5.96 Å². The fourth-order valence-corrected chi connectivity index (χ4v) is 2.72. The molecule has 0 bridgehead atoms. The van der Waals surface area contributed by atoms with Crippen molar-refractivity contribution < 1.29 is 9.47 Å². The first-order valence-corrected chi connectivity index (χ1v) is 9.40. The van der Waals surface area contributed by atoms with Crippen molar-refractivity contribution in [2.45, 2.75) is 19.9 Å². The van der Waals surface area contributed by atoms with Gasteiger partial charge in [-0.05, 0) is 36.1 Å². The Hall–Kier alpha value is -1.64. The van der Waals surface area contributed by atoms with Gasteiger partial charge in [-0.3, -0.25) is 4.99 Å². The second kappa shape index (κ2) is 14.4. The van der Waals surface area contributed by atoms with Gasteiger partial charge in [0.2, 0.25) is 0 Å². The largest absolute Gasteiger partial charge is 0.382 e. The third kappa shape index (κ3) is 9.03. The van der Waals surface area contributed by atoms with Crippen molar-refractivity contribution in [1.82, 2.24) is 10.6 Å². The van der Waals surface area contributed by atoms with Crippen LogP contribution in [0.4, 0.5) is 0 Å². The molecule has 2 rings (SSSR count). The van der Waals surface area contributed by atoms with Gasteiger partial charge in [-0.2, -0.15) is 0 Å². The van der Waals surface area contributed by atoms with Crippen LogP contribution in [0.25, 0.3) is 11.1 Å². The van der Waals surface area contributed by atoms with Gasteiger partial charge in [0.05, 0.1) is 13.2 Å². The third-order valence-electron chi connectivity index (χ3n) is 4.15. The summed E-state index contributed by atoms with van der Waals surface area (Å²) in [4.78, 5) is 4.28. The first-order valence-electron chi connectivity index (χ1n) is 9.40. The number of rotatable bonds is 10. The Kier molecular flexibility index (Phi) is 12.5. The summed E-state index contributed by atoms with van der Waals surface area (Å²) in [6.45, 7) is 5.65. The molecular formula is C22H32IN3O2. The summed E-state index contributed by atoms with van der Waals surface area (Å²) in [6.07, 6.45) is 0.924. The predicted octanol–water partition coefficient (Wildman–Crippen LogP) is 4.00. The maximum atomic E-state index is 5.46. The molecule has 0 amide bonds. The van der Waals surface area contributed by atoms with Crippen LogP contribution in [0.3, 0.4) is 0 Å². The summed E-state index contributed by atoms with van der Waals surface area (Å²) in [7, 11) is 3.46. The predicted molar refractivity (Wildman–Crippen MR) is 128 cm³/mol. The van der Waals surface area contributed by atoms with E-state index in [1.54, 1.807) is 14.2 Å². The van der Waals surface area contributed by atoms with E-state index in [1.807, 2.05) is 0 Å². The molecule has 154 valence electrons. The van der Waals surface area contributed by atoms with Crippen LogP contribution in [-0.2, 0) is 16.0 Å². The van der Waals surface area contributed by atoms with Gasteiger partial charge >= 0.3 is 0 Å². The van der Waals surface area contributed by atoms with Gasteiger partial charge < -0.3 is 20.1 Å². The molecule has 0 fully saturated rings. The molecule has 0 saturated carbocycles. The number of methoxy groups -OCH3 is 1. The minimum atomic E-state index is 0. The summed E-state index contributed by atoms with van der Waals surface area (Å²) in [5.41, 5.74) is 4.97. The number of ether oxygens (including phenoxy) is 2. The summed E-state index contributed by atoms with van der Waals surface area (Å²) in [5.74, 6) is 0.799. The molecule has 5 nitrogen and oxygen atoms in total. The molecule has 0 radical (unpaired) electrons. The summed E-state index contributed by atoms with van der Waals surface area (Å²) < 4.78 is 10.4. The molecule has 2 aromatic carbocycles. The maximum Gasteiger partial charge on any atom is 0.191 e. The molecule has 0 heterocycles. The van der Waals surface area contributed by atoms with Crippen LogP contribution < -0.4 is 10.6 Å². The van der Waals surface area contributed by atoms with Gasteiger partial charge in [0.1, 0.15) is 0 Å². The lowest BCUT2D eigenvalue weighted by molar-refractivity contribution is 0.0698. The van der Waals surface area contributed by atoms with Gasteiger partial charge in [-0.1, -0.05) is 48.0 Å². The Morgan fingerprint density at radius 3 is 2.43 bits per heavy atom. The Morgan fingerprint density at radius 1 is 0.964 bits per heavy atom. The van der Waals surface area contributed by atoms with Crippen LogP contribution in [0.15, 0.2) is 53.5 Å². The number of guanidine groups is 1. The molecule has 0 spiro atoms. The van der Waals surface area contributed by atoms with Gasteiger partial charge in [-0.25, -0.2) is 0 Å². The minimum absolute atomic E-state index is 0. The average molecular weight is 497 g/mol. The van der Waals surface area contributed by atoms with Crippen LogP contribution in [-0.4, -0.2) is 46.5 Å². The standard InChI is InChI=1S/C22H31N3O2.HI/c1-18-7-4-9-20(15-18)21-10-5-8-19(16-21)17-25-22(23-2)24-11-6-12-27-14-13-26-3;/h4-5,7-10,15-16H,6,11-14,17H2,1-3H3,(H2,23,24,25);1H. The van der Waals surface area contributed by atoms with E-state index in [-0.39, 0.29) is 24.0 Å². The highest BCUT2D eigenvalue weighted by molar-refractivity contribution is 14.0. The molecule has 0 unspecified atom stereocenters. The van der Waals surface area contributed by atoms with E-state index in [0.29, 0.717) is 19.8 Å². The van der Waals surface area contributed by atoms with Crippen molar-refractivity contribution in [3.63, 3.8) is 0 Å². The molecule has 0 saturated heterocycles. The van der Waals surface area contributed by atoms with E-state index in [4.69, 9.17) is 9.47 Å². The Morgan fingerprint density at radius 2 is 1.71 bits per heavy atom. The number of hydrogen-bond acceptors (Lipinski definition) is 3. The topological polar surface area (TPSA) is 54.9 Å². The smallest absolute Gasteiger partial charge is 0.191 e. The van der Waals surface area contributed by atoms with Gasteiger partial charge in [0, 0.05) is 33.9 Å². The monoisotopic (exact) mass is 497 g/mol. The van der Waals surface area contributed by atoms with Crippen molar-refractivity contribution in [3.8, 4) is 11.1 Å². The summed E-state index contributed by atoms with van der Waals surface area (Å²) in [5, 5.41) is 6.68. The fourth-order valence-electron chi connectivity index (χ4n) is 2.72. The number of benzene rings is 2. The lowest BCUT2D eigenvalue weighted by Crippen LogP contribution is -2.37. The first kappa shape index (κ1) is 24.4. The van der Waals surface area contributed by atoms with Crippen molar-refractivity contribution >= 4 is 29.9 Å². The quantitative estimate of drug-likeness (QED) is 0.226.